The molecular weight excluding hydrogens is 779 g/mol. The maximum absolute atomic E-state index is 13.7. The lowest BCUT2D eigenvalue weighted by atomic mass is 9.98. The number of nitrogens with zero attached hydrogens (tertiary/aromatic N) is 1. The normalized spacial score (nSPS) is 19.0. The zero-order valence-corrected chi connectivity index (χ0v) is 33.7. The van der Waals surface area contributed by atoms with E-state index in [-0.39, 0.29) is 25.8 Å². The summed E-state index contributed by atoms with van der Waals surface area (Å²) in [6, 6.07) is -10.3. The minimum Gasteiger partial charge on any atom is -0.790 e. The van der Waals surface area contributed by atoms with Gasteiger partial charge in [-0.1, -0.05) is 20.3 Å². The second kappa shape index (κ2) is 23.9. The first-order valence-corrected chi connectivity index (χ1v) is 20.1. The van der Waals surface area contributed by atoms with Gasteiger partial charge in [0.05, 0.1) is 32.5 Å². The van der Waals surface area contributed by atoms with Crippen molar-refractivity contribution in [3.05, 3.63) is 0 Å². The number of amides is 6. The molecule has 0 aromatic carbocycles. The van der Waals surface area contributed by atoms with Crippen LogP contribution in [0.3, 0.4) is 0 Å². The molecule has 1 saturated heterocycles. The molecular formula is C33H57N8O15P-2. The SMILES string of the molecule is CC[C@H](C)[C@H](NC(=O)[C@H](CCCC[NH3+])NC(=O)[C@H](CCC(=O)[O-])NC(=O)[C@@H](NC(=O)[C@@H]1CCCN1C(=O)[C@H](C)NC(=O)[C@@H]([NH3+])[C@@H](C)O)[C@@H](C)OP(=O)([O-])[O-])C(=O)[O-]. The van der Waals surface area contributed by atoms with Gasteiger partial charge in [-0.15, -0.1) is 0 Å². The van der Waals surface area contributed by atoms with Crippen molar-refractivity contribution >= 4 is 55.2 Å². The molecule has 0 bridgehead atoms. The highest BCUT2D eigenvalue weighted by Gasteiger charge is 2.40. The highest BCUT2D eigenvalue weighted by Crippen LogP contribution is 2.28. The van der Waals surface area contributed by atoms with Crippen LogP contribution in [0.5, 0.6) is 0 Å². The lowest BCUT2D eigenvalue weighted by Gasteiger charge is -2.36. The zero-order chi connectivity index (χ0) is 43.8. The lowest BCUT2D eigenvalue weighted by Crippen LogP contribution is -2.72. The molecule has 57 heavy (non-hydrogen) atoms. The van der Waals surface area contributed by atoms with Gasteiger partial charge in [-0.3, -0.25) is 28.8 Å². The number of quaternary nitrogens is 2. The number of hydrogen-bond acceptors (Lipinski definition) is 15. The number of aliphatic carboxylic acids is 2. The maximum Gasteiger partial charge on any atom is 0.281 e. The average molecular weight is 837 g/mol. The van der Waals surface area contributed by atoms with Gasteiger partial charge in [-0.05, 0) is 71.6 Å². The number of carbonyl (C=O) groups is 8. The fraction of sp³-hybridized carbons (Fsp3) is 0.758. The Balaban J connectivity index is 3.41. The van der Waals surface area contributed by atoms with E-state index in [2.05, 4.69) is 42.6 Å². The molecule has 12 N–H and O–H groups in total. The number of nitrogens with one attached hydrogen (secondary N) is 5. The van der Waals surface area contributed by atoms with Crippen molar-refractivity contribution in [1.29, 1.82) is 0 Å². The Morgan fingerprint density at radius 3 is 1.95 bits per heavy atom. The Kier molecular flexibility index (Phi) is 21.2. The summed E-state index contributed by atoms with van der Waals surface area (Å²) >= 11 is 0. The number of carboxylic acids is 2. The van der Waals surface area contributed by atoms with Gasteiger partial charge in [0.2, 0.25) is 29.5 Å². The molecule has 0 radical (unpaired) electrons. The van der Waals surface area contributed by atoms with Gasteiger partial charge >= 0.3 is 0 Å². The third kappa shape index (κ3) is 17.0. The highest BCUT2D eigenvalue weighted by atomic mass is 31.2. The predicted octanol–water partition coefficient (Wildman–Crippen LogP) is -8.62. The van der Waals surface area contributed by atoms with Crippen LogP contribution in [-0.2, 0) is 47.4 Å². The van der Waals surface area contributed by atoms with Crippen LogP contribution >= 0.6 is 7.82 Å². The fourth-order valence-corrected chi connectivity index (χ4v) is 6.37. The second-order valence-corrected chi connectivity index (χ2v) is 15.2. The van der Waals surface area contributed by atoms with Gasteiger partial charge in [-0.2, -0.15) is 0 Å². The molecule has 0 aromatic rings. The smallest absolute Gasteiger partial charge is 0.281 e. The van der Waals surface area contributed by atoms with Crippen molar-refractivity contribution in [1.82, 2.24) is 31.5 Å². The van der Waals surface area contributed by atoms with Crippen molar-refractivity contribution in [3.63, 3.8) is 0 Å². The number of rotatable bonds is 25. The van der Waals surface area contributed by atoms with E-state index in [4.69, 9.17) is 0 Å². The second-order valence-electron chi connectivity index (χ2n) is 14.1. The first-order valence-electron chi connectivity index (χ1n) is 18.7. The summed E-state index contributed by atoms with van der Waals surface area (Å²) < 4.78 is 16.0. The molecule has 10 atom stereocenters. The number of aliphatic hydroxyl groups is 1. The summed E-state index contributed by atoms with van der Waals surface area (Å²) in [5.41, 5.74) is 7.24. The summed E-state index contributed by atoms with van der Waals surface area (Å²) in [5.74, 6) is -9.68. The van der Waals surface area contributed by atoms with E-state index < -0.39 is 128 Å². The summed E-state index contributed by atoms with van der Waals surface area (Å²) in [6.45, 7) is 7.31. The van der Waals surface area contributed by atoms with Gasteiger partial charge in [0, 0.05) is 12.5 Å². The van der Waals surface area contributed by atoms with Gasteiger partial charge in [0.1, 0.15) is 36.3 Å². The molecule has 0 aliphatic carbocycles. The van der Waals surface area contributed by atoms with Gasteiger partial charge in [0.15, 0.2) is 6.04 Å². The average Bonchev–Trinajstić information content (AvgIpc) is 3.62. The zero-order valence-electron chi connectivity index (χ0n) is 32.8. The number of likely N-dealkylation sites (tertiary alicyclic amines) is 1. The van der Waals surface area contributed by atoms with Crippen molar-refractivity contribution in [2.75, 3.05) is 13.1 Å². The van der Waals surface area contributed by atoms with Crippen LogP contribution in [0.1, 0.15) is 86.0 Å². The Labute approximate surface area is 330 Å². The molecule has 326 valence electrons. The third-order valence-electron chi connectivity index (χ3n) is 9.49. The van der Waals surface area contributed by atoms with Crippen molar-refractivity contribution in [2.45, 2.75) is 140 Å². The molecule has 0 saturated carbocycles. The highest BCUT2D eigenvalue weighted by molar-refractivity contribution is 7.43. The van der Waals surface area contributed by atoms with Crippen LogP contribution in [0.4, 0.5) is 0 Å². The quantitative estimate of drug-likeness (QED) is 0.0313. The predicted molar refractivity (Wildman–Crippen MR) is 187 cm³/mol. The van der Waals surface area contributed by atoms with Crippen LogP contribution in [0, 0.1) is 5.92 Å². The molecule has 1 aliphatic rings. The molecule has 0 spiro atoms. The molecule has 1 aliphatic heterocycles. The van der Waals surface area contributed by atoms with E-state index in [1.165, 1.54) is 13.8 Å². The standard InChI is InChI=1S/C33H59N8O15P/c1-6-16(2)25(33(51)52)39-28(46)20(10-7-8-14-34)37-27(45)21(12-13-23(43)44)38-31(49)26(19(5)56-57(53,54)55)40-29(47)22-11-9-15-41(22)32(50)17(3)36-30(48)24(35)18(4)42/h16-22,24-26,42H,6-15,34-35H2,1-5H3,(H,36,48)(H,37,45)(H,38,49)(H,39,46)(H,40,47)(H,43,44)(H,51,52)(H2,53,54,55)/p-2/t16-,17-,18+,19+,20-,21-,22-,24-,25-,26-/m0/s1. The maximum atomic E-state index is 13.7. The Morgan fingerprint density at radius 1 is 0.842 bits per heavy atom. The number of hydrogen-bond donors (Lipinski definition) is 8. The van der Waals surface area contributed by atoms with E-state index in [0.29, 0.717) is 25.8 Å². The van der Waals surface area contributed by atoms with E-state index in [1.54, 1.807) is 13.8 Å². The van der Waals surface area contributed by atoms with Gasteiger partial charge in [0.25, 0.3) is 5.91 Å². The van der Waals surface area contributed by atoms with Gasteiger partial charge < -0.3 is 86.7 Å². The molecule has 0 aromatic heterocycles. The molecule has 23 nitrogen and oxygen atoms in total. The molecule has 24 heteroatoms. The minimum atomic E-state index is -5.82. The van der Waals surface area contributed by atoms with Gasteiger partial charge in [-0.25, -0.2) is 0 Å². The van der Waals surface area contributed by atoms with Crippen LogP contribution < -0.4 is 58.1 Å². The summed E-state index contributed by atoms with van der Waals surface area (Å²) in [7, 11) is -5.82. The number of carbonyl (C=O) groups excluding carboxylic acids is 8. The van der Waals surface area contributed by atoms with Crippen molar-refractivity contribution in [3.8, 4) is 0 Å². The summed E-state index contributed by atoms with van der Waals surface area (Å²) in [6.07, 6.45) is -3.08. The molecule has 1 rings (SSSR count). The summed E-state index contributed by atoms with van der Waals surface area (Å²) in [5, 5.41) is 44.4. The van der Waals surface area contributed by atoms with E-state index >= 15 is 0 Å². The monoisotopic (exact) mass is 836 g/mol. The number of phosphoric ester groups is 1. The lowest BCUT2D eigenvalue weighted by molar-refractivity contribution is -0.419. The number of carboxylic acid groups (broad SMARTS) is 2. The Bertz CT molecular complexity index is 1480. The van der Waals surface area contributed by atoms with E-state index in [0.717, 1.165) is 11.8 Å². The molecule has 1 fully saturated rings. The molecule has 0 unspecified atom stereocenters. The number of phosphoric acid groups is 1. The van der Waals surface area contributed by atoms with E-state index in [1.807, 2.05) is 0 Å². The fourth-order valence-electron chi connectivity index (χ4n) is 5.84. The first kappa shape index (κ1) is 50.8. The first-order chi connectivity index (χ1) is 26.4. The summed E-state index contributed by atoms with van der Waals surface area (Å²) in [4.78, 5) is 127. The van der Waals surface area contributed by atoms with Crippen molar-refractivity contribution in [2.24, 2.45) is 5.92 Å². The van der Waals surface area contributed by atoms with Crippen molar-refractivity contribution < 1.29 is 84.0 Å². The topological polar surface area (TPSA) is 394 Å². The largest absolute Gasteiger partial charge is 0.790 e. The van der Waals surface area contributed by atoms with Crippen LogP contribution in [0.15, 0.2) is 0 Å². The molecule has 6 amide bonds. The molecule has 1 heterocycles. The minimum absolute atomic E-state index is 0.0244. The van der Waals surface area contributed by atoms with Crippen LogP contribution in [-0.4, -0.2) is 125 Å². The number of unbranched alkanes of at least 4 members (excludes halogenated alkanes) is 1. The number of aliphatic hydroxyl groups excluding tert-OH is 1. The van der Waals surface area contributed by atoms with E-state index in [9.17, 15) is 68.0 Å². The van der Waals surface area contributed by atoms with Crippen LogP contribution in [0.2, 0.25) is 0 Å². The third-order valence-corrected chi connectivity index (χ3v) is 10.1. The Hall–Kier alpha value is -4.25. The van der Waals surface area contributed by atoms with Crippen LogP contribution in [0.25, 0.3) is 0 Å². The Morgan fingerprint density at radius 2 is 1.42 bits per heavy atom.